The van der Waals surface area contributed by atoms with E-state index in [0.29, 0.717) is 11.7 Å². The lowest BCUT2D eigenvalue weighted by Crippen LogP contribution is -2.21. The minimum Gasteiger partial charge on any atom is -0.546 e. The zero-order valence-electron chi connectivity index (χ0n) is 13.0. The van der Waals surface area contributed by atoms with E-state index in [1.54, 1.807) is 0 Å². The van der Waals surface area contributed by atoms with Gasteiger partial charge in [-0.25, -0.2) is 0 Å². The Morgan fingerprint density at radius 2 is 1.62 bits per heavy atom. The maximum Gasteiger partial charge on any atom is 0.235 e. The first-order valence-electron chi connectivity index (χ1n) is 7.91. The molecule has 1 aliphatic rings. The molecule has 0 atom stereocenters. The summed E-state index contributed by atoms with van der Waals surface area (Å²) in [4.78, 5) is 0. The van der Waals surface area contributed by atoms with Crippen LogP contribution >= 0.6 is 0 Å². The fourth-order valence-electron chi connectivity index (χ4n) is 2.60. The predicted octanol–water partition coefficient (Wildman–Crippen LogP) is 3.64. The van der Waals surface area contributed by atoms with E-state index >= 15 is 0 Å². The van der Waals surface area contributed by atoms with Crippen molar-refractivity contribution >= 4 is 20.7 Å². The first-order chi connectivity index (χ1) is 10.2. The third-order valence-electron chi connectivity index (χ3n) is 3.84. The van der Waals surface area contributed by atoms with E-state index in [0.717, 1.165) is 16.9 Å². The lowest BCUT2D eigenvalue weighted by atomic mass is 10.1. The molecule has 0 saturated heterocycles. The van der Waals surface area contributed by atoms with Crippen molar-refractivity contribution in [2.75, 3.05) is 0 Å². The van der Waals surface area contributed by atoms with Gasteiger partial charge in [-0.1, -0.05) is 39.5 Å². The van der Waals surface area contributed by atoms with Gasteiger partial charge in [0.1, 0.15) is 17.4 Å². The fraction of sp³-hybridized carbons (Fsp3) is 0.500. The van der Waals surface area contributed by atoms with Crippen molar-refractivity contribution in [3.8, 4) is 5.75 Å². The molecule has 0 saturated carbocycles. The van der Waals surface area contributed by atoms with Crippen molar-refractivity contribution in [3.63, 3.8) is 0 Å². The molecule has 2 rings (SSSR count). The predicted molar refractivity (Wildman–Crippen MR) is 90.4 cm³/mol. The van der Waals surface area contributed by atoms with Crippen molar-refractivity contribution in [3.05, 3.63) is 29.3 Å². The number of unbranched alkanes of at least 4 members (excludes halogenated alkanes) is 2. The minimum atomic E-state index is -1.20. The Hall–Kier alpha value is -1.62. The van der Waals surface area contributed by atoms with Gasteiger partial charge < -0.3 is 9.74 Å². The third kappa shape index (κ3) is 3.94. The van der Waals surface area contributed by atoms with E-state index in [9.17, 15) is 0 Å². The van der Waals surface area contributed by atoms with Crippen molar-refractivity contribution < 1.29 is 4.43 Å². The van der Waals surface area contributed by atoms with Crippen molar-refractivity contribution in [1.82, 2.24) is 5.32 Å². The first-order valence-corrected chi connectivity index (χ1v) is 10.0. The summed E-state index contributed by atoms with van der Waals surface area (Å²) in [6.45, 7) is 4.44. The van der Waals surface area contributed by atoms with Gasteiger partial charge in [0.05, 0.1) is 0 Å². The lowest BCUT2D eigenvalue weighted by Gasteiger charge is -2.18. The van der Waals surface area contributed by atoms with Crippen LogP contribution in [0.4, 0.5) is 0 Å². The highest BCUT2D eigenvalue weighted by molar-refractivity contribution is 6.52. The molecule has 0 amide bonds. The maximum atomic E-state index is 7.87. The van der Waals surface area contributed by atoms with Crippen LogP contribution in [0.1, 0.15) is 50.7 Å². The number of hydrogen-bond acceptors (Lipinski definition) is 3. The summed E-state index contributed by atoms with van der Waals surface area (Å²) in [7, 11) is -1.20. The number of rotatable bonds is 8. The molecule has 0 radical (unpaired) electrons. The SMILES string of the molecule is CCCC[SiH](CCCC)Oc1ccc2c(c1)C(=N)NC2=N. The van der Waals surface area contributed by atoms with Crippen LogP contribution < -0.4 is 9.74 Å². The molecule has 21 heavy (non-hydrogen) atoms. The average Bonchev–Trinajstić information content (AvgIpc) is 2.76. The van der Waals surface area contributed by atoms with E-state index in [1.807, 2.05) is 18.2 Å². The summed E-state index contributed by atoms with van der Waals surface area (Å²) in [5.74, 6) is 1.49. The topological polar surface area (TPSA) is 69.0 Å². The van der Waals surface area contributed by atoms with Gasteiger partial charge in [-0.05, 0) is 30.3 Å². The van der Waals surface area contributed by atoms with Crippen LogP contribution in [0.3, 0.4) is 0 Å². The Morgan fingerprint density at radius 3 is 2.24 bits per heavy atom. The zero-order chi connectivity index (χ0) is 15.2. The number of fused-ring (bicyclic) bond motifs is 1. The summed E-state index contributed by atoms with van der Waals surface area (Å²) < 4.78 is 6.27. The van der Waals surface area contributed by atoms with Crippen LogP contribution in [0, 0.1) is 10.8 Å². The summed E-state index contributed by atoms with van der Waals surface area (Å²) in [5.41, 5.74) is 1.59. The summed E-state index contributed by atoms with van der Waals surface area (Å²) >= 11 is 0. The van der Waals surface area contributed by atoms with Gasteiger partial charge in [0.15, 0.2) is 0 Å². The molecule has 114 valence electrons. The Morgan fingerprint density at radius 1 is 1.00 bits per heavy atom. The quantitative estimate of drug-likeness (QED) is 0.642. The molecule has 0 bridgehead atoms. The second kappa shape index (κ2) is 7.40. The van der Waals surface area contributed by atoms with Gasteiger partial charge >= 0.3 is 0 Å². The largest absolute Gasteiger partial charge is 0.546 e. The number of amidine groups is 2. The van der Waals surface area contributed by atoms with Crippen molar-refractivity contribution in [1.29, 1.82) is 10.8 Å². The Kier molecular flexibility index (Phi) is 5.56. The number of nitrogens with one attached hydrogen (secondary N) is 3. The van der Waals surface area contributed by atoms with Crippen LogP contribution in [0.25, 0.3) is 0 Å². The van der Waals surface area contributed by atoms with Gasteiger partial charge in [-0.2, -0.15) is 0 Å². The van der Waals surface area contributed by atoms with E-state index in [1.165, 1.54) is 37.8 Å². The van der Waals surface area contributed by atoms with Gasteiger partial charge in [-0.15, -0.1) is 0 Å². The summed E-state index contributed by atoms with van der Waals surface area (Å²) in [6, 6.07) is 8.21. The number of benzene rings is 1. The highest BCUT2D eigenvalue weighted by Gasteiger charge is 2.22. The molecular weight excluding hydrogens is 278 g/mol. The van der Waals surface area contributed by atoms with E-state index in [-0.39, 0.29) is 0 Å². The van der Waals surface area contributed by atoms with Crippen LogP contribution in [-0.2, 0) is 0 Å². The second-order valence-corrected chi connectivity index (χ2v) is 8.24. The molecule has 5 heteroatoms. The molecule has 0 aliphatic carbocycles. The number of hydrogen-bond donors (Lipinski definition) is 3. The molecule has 1 heterocycles. The monoisotopic (exact) mass is 303 g/mol. The fourth-order valence-corrected chi connectivity index (χ4v) is 5.38. The highest BCUT2D eigenvalue weighted by atomic mass is 28.3. The summed E-state index contributed by atoms with van der Waals surface area (Å²) in [5, 5.41) is 18.4. The molecule has 1 aliphatic heterocycles. The average molecular weight is 303 g/mol. The second-order valence-electron chi connectivity index (χ2n) is 5.61. The molecule has 3 N–H and O–H groups in total. The molecular formula is C16H25N3OSi. The van der Waals surface area contributed by atoms with Crippen molar-refractivity contribution in [2.24, 2.45) is 0 Å². The van der Waals surface area contributed by atoms with Crippen LogP contribution in [0.2, 0.25) is 12.1 Å². The van der Waals surface area contributed by atoms with E-state index in [4.69, 9.17) is 15.2 Å². The normalized spacial score (nSPS) is 13.5. The van der Waals surface area contributed by atoms with Crippen molar-refractivity contribution in [2.45, 2.75) is 51.6 Å². The van der Waals surface area contributed by atoms with Crippen LogP contribution in [0.5, 0.6) is 5.75 Å². The highest BCUT2D eigenvalue weighted by Crippen LogP contribution is 2.24. The van der Waals surface area contributed by atoms with Crippen LogP contribution in [-0.4, -0.2) is 20.7 Å². The third-order valence-corrected chi connectivity index (χ3v) is 6.55. The van der Waals surface area contributed by atoms with Gasteiger partial charge in [0, 0.05) is 11.1 Å². The zero-order valence-corrected chi connectivity index (χ0v) is 14.1. The van der Waals surface area contributed by atoms with Crippen LogP contribution in [0.15, 0.2) is 18.2 Å². The Balaban J connectivity index is 2.08. The van der Waals surface area contributed by atoms with Gasteiger partial charge in [0.25, 0.3) is 0 Å². The summed E-state index contributed by atoms with van der Waals surface area (Å²) in [6.07, 6.45) is 4.92. The molecule has 0 fully saturated rings. The Bertz CT molecular complexity index is 522. The van der Waals surface area contributed by atoms with Gasteiger partial charge in [0.2, 0.25) is 9.04 Å². The minimum absolute atomic E-state index is 0.306. The first kappa shape index (κ1) is 15.8. The molecule has 0 aromatic heterocycles. The van der Waals surface area contributed by atoms with Gasteiger partial charge in [-0.3, -0.25) is 10.8 Å². The maximum absolute atomic E-state index is 7.87. The molecule has 4 nitrogen and oxygen atoms in total. The van der Waals surface area contributed by atoms with E-state index < -0.39 is 9.04 Å². The lowest BCUT2D eigenvalue weighted by molar-refractivity contribution is 0.552. The molecule has 0 unspecified atom stereocenters. The smallest absolute Gasteiger partial charge is 0.235 e. The Labute approximate surface area is 128 Å². The molecule has 1 aromatic carbocycles. The standard InChI is InChI=1S/C16H25N3OSi/c1-3-5-9-21(10-6-4-2)20-12-7-8-13-14(11-12)16(18)19-15(13)17/h7-8,11,21H,3-6,9-10H2,1-2H3,(H3,17,18,19). The molecule has 1 aromatic rings. The van der Waals surface area contributed by atoms with E-state index in [2.05, 4.69) is 19.2 Å². The molecule has 0 spiro atoms.